The van der Waals surface area contributed by atoms with E-state index < -0.39 is 60.2 Å². The summed E-state index contributed by atoms with van der Waals surface area (Å²) in [7, 11) is 0. The molecule has 14 heteroatoms. The average molecular weight is 515 g/mol. The van der Waals surface area contributed by atoms with Gasteiger partial charge in [-0.25, -0.2) is 9.78 Å². The molecule has 8 N–H and O–H groups in total. The van der Waals surface area contributed by atoms with Gasteiger partial charge in [0, 0.05) is 24.7 Å². The van der Waals surface area contributed by atoms with Gasteiger partial charge < -0.3 is 36.9 Å². The van der Waals surface area contributed by atoms with E-state index in [1.165, 1.54) is 24.3 Å². The highest BCUT2D eigenvalue weighted by Crippen LogP contribution is 2.07. The third kappa shape index (κ3) is 10.8. The van der Waals surface area contributed by atoms with Gasteiger partial charge in [-0.2, -0.15) is 11.8 Å². The maximum atomic E-state index is 13.0. The summed E-state index contributed by atoms with van der Waals surface area (Å²) in [4.78, 5) is 67.5. The molecule has 0 radical (unpaired) electrons. The summed E-state index contributed by atoms with van der Waals surface area (Å²) in [6, 6.07) is -4.54. The summed E-state index contributed by atoms with van der Waals surface area (Å²) in [5.41, 5.74) is 6.33. The molecule has 1 aromatic heterocycles. The second-order valence-electron chi connectivity index (χ2n) is 8.29. The van der Waals surface area contributed by atoms with E-state index in [9.17, 15) is 29.1 Å². The average Bonchev–Trinajstić information content (AvgIpc) is 3.30. The topological polar surface area (TPSA) is 217 Å². The zero-order valence-corrected chi connectivity index (χ0v) is 20.8. The molecule has 4 unspecified atom stereocenters. The lowest BCUT2D eigenvalue weighted by molar-refractivity contribution is -0.143. The first kappa shape index (κ1) is 29.9. The minimum Gasteiger partial charge on any atom is -0.481 e. The molecule has 0 saturated heterocycles. The summed E-state index contributed by atoms with van der Waals surface area (Å²) in [5.74, 6) is -4.25. The Labute approximate surface area is 207 Å². The molecule has 0 spiro atoms. The van der Waals surface area contributed by atoms with Crippen LogP contribution >= 0.6 is 11.8 Å². The predicted octanol–water partition coefficient (Wildman–Crippen LogP) is -0.908. The molecule has 1 rings (SSSR count). The SMILES string of the molecule is CSCCC(NC(=O)C(N)C(C)C)C(=O)NC(CCC(=O)O)C(=O)NC(Cc1cnc[nH]1)C(=O)O. The van der Waals surface area contributed by atoms with Crippen molar-refractivity contribution in [3.8, 4) is 0 Å². The molecule has 35 heavy (non-hydrogen) atoms. The van der Waals surface area contributed by atoms with Crippen molar-refractivity contribution < 1.29 is 34.2 Å². The second-order valence-corrected chi connectivity index (χ2v) is 9.27. The number of carbonyl (C=O) groups excluding carboxylic acids is 3. The van der Waals surface area contributed by atoms with Gasteiger partial charge in [-0.1, -0.05) is 13.8 Å². The monoisotopic (exact) mass is 514 g/mol. The standard InChI is InChI=1S/C21H34N6O7S/c1-11(2)17(22)20(32)26-14(6-7-35-3)19(31)25-13(4-5-16(28)29)18(30)27-15(21(33)34)8-12-9-23-10-24-12/h9-11,13-15,17H,4-8,22H2,1-3H3,(H,23,24)(H,25,31)(H,26,32)(H,27,30)(H,28,29)(H,33,34). The van der Waals surface area contributed by atoms with Gasteiger partial charge in [-0.15, -0.1) is 0 Å². The van der Waals surface area contributed by atoms with E-state index in [2.05, 4.69) is 25.9 Å². The van der Waals surface area contributed by atoms with Crippen LogP contribution in [0.1, 0.15) is 38.8 Å². The number of carboxylic acids is 2. The molecule has 1 aromatic rings. The highest BCUT2D eigenvalue weighted by molar-refractivity contribution is 7.98. The van der Waals surface area contributed by atoms with Crippen LogP contribution in [0.5, 0.6) is 0 Å². The highest BCUT2D eigenvalue weighted by Gasteiger charge is 2.31. The number of imidazole rings is 1. The summed E-state index contributed by atoms with van der Waals surface area (Å²) >= 11 is 1.45. The van der Waals surface area contributed by atoms with Crippen LogP contribution in [0.25, 0.3) is 0 Å². The molecule has 196 valence electrons. The number of thioether (sulfide) groups is 1. The van der Waals surface area contributed by atoms with Crippen molar-refractivity contribution in [1.29, 1.82) is 0 Å². The number of rotatable bonds is 16. The second kappa shape index (κ2) is 15.0. The molecular weight excluding hydrogens is 480 g/mol. The van der Waals surface area contributed by atoms with E-state index in [0.717, 1.165) is 0 Å². The number of aromatic nitrogens is 2. The number of amides is 3. The number of nitrogens with two attached hydrogens (primary N) is 1. The Hall–Kier alpha value is -3.13. The van der Waals surface area contributed by atoms with Gasteiger partial charge in [-0.3, -0.25) is 19.2 Å². The first-order chi connectivity index (χ1) is 16.5. The van der Waals surface area contributed by atoms with Crippen LogP contribution in [0.3, 0.4) is 0 Å². The molecule has 1 heterocycles. The molecule has 3 amide bonds. The maximum absolute atomic E-state index is 13.0. The molecule has 0 aliphatic carbocycles. The summed E-state index contributed by atoms with van der Waals surface area (Å²) in [6.45, 7) is 3.52. The van der Waals surface area contributed by atoms with Gasteiger partial charge in [-0.05, 0) is 30.8 Å². The van der Waals surface area contributed by atoms with Crippen LogP contribution in [-0.2, 0) is 30.4 Å². The molecule has 0 bridgehead atoms. The van der Waals surface area contributed by atoms with E-state index in [4.69, 9.17) is 10.8 Å². The van der Waals surface area contributed by atoms with Crippen molar-refractivity contribution >= 4 is 41.4 Å². The molecule has 13 nitrogen and oxygen atoms in total. The fraction of sp³-hybridized carbons (Fsp3) is 0.619. The largest absolute Gasteiger partial charge is 0.481 e. The molecule has 0 aliphatic heterocycles. The fourth-order valence-corrected chi connectivity index (χ4v) is 3.44. The number of aromatic amines is 1. The highest BCUT2D eigenvalue weighted by atomic mass is 32.2. The normalized spacial score (nSPS) is 14.4. The lowest BCUT2D eigenvalue weighted by atomic mass is 10.0. The van der Waals surface area contributed by atoms with E-state index in [-0.39, 0.29) is 25.2 Å². The van der Waals surface area contributed by atoms with Gasteiger partial charge in [0.15, 0.2) is 0 Å². The van der Waals surface area contributed by atoms with E-state index >= 15 is 0 Å². The van der Waals surface area contributed by atoms with Gasteiger partial charge in [0.05, 0.1) is 12.4 Å². The minimum absolute atomic E-state index is 0.0971. The van der Waals surface area contributed by atoms with E-state index in [1.807, 2.05) is 6.26 Å². The van der Waals surface area contributed by atoms with Crippen LogP contribution < -0.4 is 21.7 Å². The molecule has 0 fully saturated rings. The number of carbonyl (C=O) groups is 5. The molecular formula is C21H34N6O7S. The van der Waals surface area contributed by atoms with Crippen molar-refractivity contribution in [2.45, 2.75) is 63.7 Å². The quantitative estimate of drug-likeness (QED) is 0.144. The van der Waals surface area contributed by atoms with Crippen LogP contribution in [-0.4, -0.2) is 86.0 Å². The number of H-pyrrole nitrogens is 1. The lowest BCUT2D eigenvalue weighted by Crippen LogP contribution is -2.57. The van der Waals surface area contributed by atoms with Crippen LogP contribution in [0, 0.1) is 5.92 Å². The first-order valence-corrected chi connectivity index (χ1v) is 12.4. The Balaban J connectivity index is 3.00. The summed E-state index contributed by atoms with van der Waals surface area (Å²) in [5, 5.41) is 25.9. The zero-order chi connectivity index (χ0) is 26.5. The zero-order valence-electron chi connectivity index (χ0n) is 19.9. The van der Waals surface area contributed by atoms with Crippen molar-refractivity contribution in [2.24, 2.45) is 11.7 Å². The maximum Gasteiger partial charge on any atom is 0.326 e. The Bertz CT molecular complexity index is 864. The Kier molecular flexibility index (Phi) is 12.8. The fourth-order valence-electron chi connectivity index (χ4n) is 2.97. The van der Waals surface area contributed by atoms with Crippen molar-refractivity contribution in [3.63, 3.8) is 0 Å². The van der Waals surface area contributed by atoms with Crippen LogP contribution in [0.4, 0.5) is 0 Å². The molecule has 0 saturated carbocycles. The van der Waals surface area contributed by atoms with E-state index in [0.29, 0.717) is 11.4 Å². The number of nitrogens with zero attached hydrogens (tertiary/aromatic N) is 1. The number of hydrogen-bond acceptors (Lipinski definition) is 8. The third-order valence-corrected chi connectivity index (χ3v) is 5.78. The first-order valence-electron chi connectivity index (χ1n) is 11.0. The van der Waals surface area contributed by atoms with Crippen molar-refractivity contribution in [2.75, 3.05) is 12.0 Å². The lowest BCUT2D eigenvalue weighted by Gasteiger charge is -2.25. The van der Waals surface area contributed by atoms with Crippen LogP contribution in [0.15, 0.2) is 12.5 Å². The van der Waals surface area contributed by atoms with Gasteiger partial charge in [0.2, 0.25) is 17.7 Å². The molecule has 0 aliphatic rings. The van der Waals surface area contributed by atoms with Crippen LogP contribution in [0.2, 0.25) is 0 Å². The Morgan fingerprint density at radius 2 is 1.57 bits per heavy atom. The van der Waals surface area contributed by atoms with Crippen molar-refractivity contribution in [1.82, 2.24) is 25.9 Å². The Morgan fingerprint density at radius 3 is 2.06 bits per heavy atom. The van der Waals surface area contributed by atoms with E-state index in [1.54, 1.807) is 13.8 Å². The number of carboxylic acid groups (broad SMARTS) is 2. The van der Waals surface area contributed by atoms with Gasteiger partial charge in [0.1, 0.15) is 18.1 Å². The smallest absolute Gasteiger partial charge is 0.326 e. The summed E-state index contributed by atoms with van der Waals surface area (Å²) in [6.07, 6.45) is 4.02. The molecule has 4 atom stereocenters. The third-order valence-electron chi connectivity index (χ3n) is 5.14. The van der Waals surface area contributed by atoms with Crippen molar-refractivity contribution in [3.05, 3.63) is 18.2 Å². The van der Waals surface area contributed by atoms with Gasteiger partial charge >= 0.3 is 11.9 Å². The van der Waals surface area contributed by atoms with Gasteiger partial charge in [0.25, 0.3) is 0 Å². The number of aliphatic carboxylic acids is 2. The number of nitrogens with one attached hydrogen (secondary N) is 4. The molecule has 0 aromatic carbocycles. The number of hydrogen-bond donors (Lipinski definition) is 7. The predicted molar refractivity (Wildman–Crippen MR) is 128 cm³/mol. The minimum atomic E-state index is -1.34. The Morgan fingerprint density at radius 1 is 1.00 bits per heavy atom. The summed E-state index contributed by atoms with van der Waals surface area (Å²) < 4.78 is 0.